The van der Waals surface area contributed by atoms with Gasteiger partial charge in [0.25, 0.3) is 0 Å². The van der Waals surface area contributed by atoms with E-state index in [0.717, 1.165) is 36.0 Å². The molecule has 4 aliphatic rings. The highest BCUT2D eigenvalue weighted by Gasteiger charge is 2.60. The molecule has 4 saturated carbocycles. The van der Waals surface area contributed by atoms with Gasteiger partial charge < -0.3 is 21.7 Å². The number of anilines is 1. The number of hydrogen-bond donors (Lipinski definition) is 4. The summed E-state index contributed by atoms with van der Waals surface area (Å²) in [5.41, 5.74) is 15.2. The molecule has 28 heavy (non-hydrogen) atoms. The zero-order chi connectivity index (χ0) is 19.5. The molecule has 144 valence electrons. The molecule has 2 aromatic carbocycles. The van der Waals surface area contributed by atoms with Gasteiger partial charge in [-0.2, -0.15) is 0 Å². The first kappa shape index (κ1) is 17.6. The van der Waals surface area contributed by atoms with E-state index in [-0.39, 0.29) is 11.7 Å². The maximum atomic E-state index is 10.8. The Labute approximate surface area is 165 Å². The van der Waals surface area contributed by atoms with Gasteiger partial charge in [0, 0.05) is 11.5 Å². The largest absolute Gasteiger partial charge is 0.506 e. The van der Waals surface area contributed by atoms with Crippen molar-refractivity contribution in [3.8, 4) is 28.7 Å². The van der Waals surface area contributed by atoms with Crippen molar-refractivity contribution in [2.45, 2.75) is 37.3 Å². The van der Waals surface area contributed by atoms with Crippen molar-refractivity contribution >= 4 is 5.69 Å². The highest BCUT2D eigenvalue weighted by Crippen LogP contribution is 2.57. The van der Waals surface area contributed by atoms with Crippen LogP contribution in [0.3, 0.4) is 0 Å². The summed E-state index contributed by atoms with van der Waals surface area (Å²) < 4.78 is 0. The molecular weight excluding hydrogens is 348 g/mol. The molecule has 4 heteroatoms. The maximum absolute atomic E-state index is 10.8. The molecule has 0 amide bonds. The van der Waals surface area contributed by atoms with Crippen LogP contribution in [-0.2, 0) is 0 Å². The van der Waals surface area contributed by atoms with Crippen molar-refractivity contribution < 1.29 is 10.2 Å². The van der Waals surface area contributed by atoms with Crippen LogP contribution in [0.5, 0.6) is 5.75 Å². The van der Waals surface area contributed by atoms with Gasteiger partial charge in [-0.1, -0.05) is 36.1 Å². The smallest absolute Gasteiger partial charge is 0.138 e. The number of nitrogens with two attached hydrogens (primary N) is 2. The zero-order valence-electron chi connectivity index (χ0n) is 15.8. The fourth-order valence-corrected chi connectivity index (χ4v) is 6.01. The van der Waals surface area contributed by atoms with Crippen LogP contribution in [0.15, 0.2) is 42.5 Å². The highest BCUT2D eigenvalue weighted by atomic mass is 16.3. The summed E-state index contributed by atoms with van der Waals surface area (Å²) in [7, 11) is 0. The van der Waals surface area contributed by atoms with E-state index in [2.05, 4.69) is 11.8 Å². The van der Waals surface area contributed by atoms with Gasteiger partial charge in [-0.05, 0) is 72.8 Å². The normalized spacial score (nSPS) is 35.4. The first-order valence-electron chi connectivity index (χ1n) is 10.1. The van der Waals surface area contributed by atoms with Crippen LogP contribution in [0.2, 0.25) is 0 Å². The molecule has 4 bridgehead atoms. The molecule has 2 aromatic rings. The van der Waals surface area contributed by atoms with Crippen LogP contribution < -0.4 is 11.5 Å². The van der Waals surface area contributed by atoms with Gasteiger partial charge in [0.2, 0.25) is 0 Å². The summed E-state index contributed by atoms with van der Waals surface area (Å²) in [6, 6.07) is 13.2. The number of benzene rings is 2. The van der Waals surface area contributed by atoms with Crippen molar-refractivity contribution in [2.75, 3.05) is 5.73 Å². The first-order chi connectivity index (χ1) is 13.5. The molecule has 0 spiro atoms. The van der Waals surface area contributed by atoms with Gasteiger partial charge >= 0.3 is 0 Å². The lowest BCUT2D eigenvalue weighted by molar-refractivity contribution is -0.129. The van der Waals surface area contributed by atoms with Gasteiger partial charge in [-0.3, -0.25) is 0 Å². The number of aromatic hydroxyl groups is 1. The Morgan fingerprint density at radius 1 is 1.04 bits per heavy atom. The highest BCUT2D eigenvalue weighted by molar-refractivity contribution is 5.75. The van der Waals surface area contributed by atoms with E-state index in [1.54, 1.807) is 12.1 Å². The third-order valence-electron chi connectivity index (χ3n) is 7.20. The molecule has 4 nitrogen and oxygen atoms in total. The van der Waals surface area contributed by atoms with E-state index in [0.29, 0.717) is 23.4 Å². The van der Waals surface area contributed by atoms with E-state index in [1.165, 1.54) is 6.42 Å². The SMILES string of the molecule is Nc1cc(-c2ccccc2C#CC2C3CC4CC(C3)C(O)C2(N)C4)ccc1O. The fourth-order valence-electron chi connectivity index (χ4n) is 6.01. The molecule has 0 heterocycles. The van der Waals surface area contributed by atoms with Crippen LogP contribution in [0.25, 0.3) is 11.1 Å². The second-order valence-corrected chi connectivity index (χ2v) is 8.92. The van der Waals surface area contributed by atoms with Gasteiger partial charge in [-0.25, -0.2) is 0 Å². The Morgan fingerprint density at radius 2 is 1.82 bits per heavy atom. The summed E-state index contributed by atoms with van der Waals surface area (Å²) in [6.45, 7) is 0. The lowest BCUT2D eigenvalue weighted by Crippen LogP contribution is -2.70. The number of nitrogen functional groups attached to an aromatic ring is 1. The van der Waals surface area contributed by atoms with Crippen molar-refractivity contribution in [3.63, 3.8) is 0 Å². The van der Waals surface area contributed by atoms with Gasteiger partial charge in [0.05, 0.1) is 17.3 Å². The van der Waals surface area contributed by atoms with Crippen LogP contribution in [0.4, 0.5) is 5.69 Å². The summed E-state index contributed by atoms with van der Waals surface area (Å²) >= 11 is 0. The average molecular weight is 374 g/mol. The van der Waals surface area contributed by atoms with Crippen molar-refractivity contribution in [1.29, 1.82) is 0 Å². The second kappa shape index (κ2) is 6.27. The molecule has 6 rings (SSSR count). The minimum absolute atomic E-state index is 0.0354. The summed E-state index contributed by atoms with van der Waals surface area (Å²) in [6.07, 6.45) is 3.81. The molecule has 0 radical (unpaired) electrons. The number of phenols is 1. The van der Waals surface area contributed by atoms with Crippen molar-refractivity contribution in [3.05, 3.63) is 48.0 Å². The fraction of sp³-hybridized carbons (Fsp3) is 0.417. The molecule has 6 N–H and O–H groups in total. The molecule has 4 aliphatic carbocycles. The quantitative estimate of drug-likeness (QED) is 0.351. The third-order valence-corrected chi connectivity index (χ3v) is 7.20. The van der Waals surface area contributed by atoms with Gasteiger partial charge in [0.1, 0.15) is 5.75 Å². The minimum Gasteiger partial charge on any atom is -0.506 e. The number of rotatable bonds is 1. The number of hydrogen-bond acceptors (Lipinski definition) is 4. The standard InChI is InChI=1S/C24H26N2O2/c25-21-12-16(6-8-22(21)27)19-4-2-1-3-15(19)5-7-20-17-9-14-10-18(11-17)23(28)24(20,26)13-14/h1-4,6,8,12,14,17-18,20,23,27-28H,9-11,13,25-26H2. The Morgan fingerprint density at radius 3 is 2.64 bits per heavy atom. The Hall–Kier alpha value is -2.48. The lowest BCUT2D eigenvalue weighted by atomic mass is 9.47. The van der Waals surface area contributed by atoms with Crippen LogP contribution in [0.1, 0.15) is 31.2 Å². The lowest BCUT2D eigenvalue weighted by Gasteiger charge is -2.60. The minimum atomic E-state index is -0.570. The summed E-state index contributed by atoms with van der Waals surface area (Å²) in [4.78, 5) is 0. The predicted octanol–water partition coefficient (Wildman–Crippen LogP) is 3.12. The van der Waals surface area contributed by atoms with E-state index in [9.17, 15) is 10.2 Å². The van der Waals surface area contributed by atoms with E-state index >= 15 is 0 Å². The van der Waals surface area contributed by atoms with Crippen LogP contribution >= 0.6 is 0 Å². The Balaban J connectivity index is 1.52. The first-order valence-corrected chi connectivity index (χ1v) is 10.1. The topological polar surface area (TPSA) is 92.5 Å². The number of aliphatic hydroxyl groups excluding tert-OH is 1. The predicted molar refractivity (Wildman–Crippen MR) is 110 cm³/mol. The average Bonchev–Trinajstić information content (AvgIpc) is 2.68. The zero-order valence-corrected chi connectivity index (χ0v) is 15.8. The molecule has 0 aliphatic heterocycles. The van der Waals surface area contributed by atoms with E-state index in [1.807, 2.05) is 30.3 Å². The van der Waals surface area contributed by atoms with Gasteiger partial charge in [0.15, 0.2) is 0 Å². The molecule has 0 saturated heterocycles. The van der Waals surface area contributed by atoms with Gasteiger partial charge in [-0.15, -0.1) is 0 Å². The monoisotopic (exact) mass is 374 g/mol. The molecule has 0 aromatic heterocycles. The molecular formula is C24H26N2O2. The van der Waals surface area contributed by atoms with Crippen molar-refractivity contribution in [1.82, 2.24) is 0 Å². The third kappa shape index (κ3) is 2.62. The maximum Gasteiger partial charge on any atom is 0.138 e. The summed E-state index contributed by atoms with van der Waals surface area (Å²) in [5.74, 6) is 8.47. The molecule has 6 atom stereocenters. The van der Waals surface area contributed by atoms with Crippen LogP contribution in [0, 0.1) is 35.5 Å². The van der Waals surface area contributed by atoms with E-state index < -0.39 is 11.6 Å². The Bertz CT molecular complexity index is 992. The molecule has 6 unspecified atom stereocenters. The Kier molecular flexibility index (Phi) is 3.94. The second-order valence-electron chi connectivity index (χ2n) is 8.92. The number of phenolic OH excluding ortho intramolecular Hbond substituents is 1. The van der Waals surface area contributed by atoms with E-state index in [4.69, 9.17) is 11.5 Å². The summed E-state index contributed by atoms with van der Waals surface area (Å²) in [5, 5.41) is 20.5. The van der Waals surface area contributed by atoms with Crippen molar-refractivity contribution in [2.24, 2.45) is 29.4 Å². The molecule has 4 fully saturated rings. The van der Waals surface area contributed by atoms with Crippen LogP contribution in [-0.4, -0.2) is 21.9 Å². The number of aliphatic hydroxyl groups is 1.